The first kappa shape index (κ1) is 19.5. The molecule has 0 radical (unpaired) electrons. The number of nitrogens with zero attached hydrogens (tertiary/aromatic N) is 3. The molecule has 29 heavy (non-hydrogen) atoms. The summed E-state index contributed by atoms with van der Waals surface area (Å²) in [6, 6.07) is 11.9. The van der Waals surface area contributed by atoms with Crippen molar-refractivity contribution >= 4 is 38.3 Å². The molecule has 150 valence electrons. The van der Waals surface area contributed by atoms with Gasteiger partial charge in [0.2, 0.25) is 0 Å². The first-order valence-electron chi connectivity index (χ1n) is 9.63. The van der Waals surface area contributed by atoms with Gasteiger partial charge in [-0.05, 0) is 37.0 Å². The van der Waals surface area contributed by atoms with Crippen LogP contribution in [0.25, 0.3) is 10.2 Å². The van der Waals surface area contributed by atoms with Crippen LogP contribution in [-0.2, 0) is 11.2 Å². The van der Waals surface area contributed by atoms with Gasteiger partial charge in [-0.3, -0.25) is 19.8 Å². The van der Waals surface area contributed by atoms with E-state index in [1.807, 2.05) is 18.2 Å². The van der Waals surface area contributed by atoms with Crippen molar-refractivity contribution in [1.82, 2.24) is 4.98 Å². The smallest absolute Gasteiger partial charge is 0.270 e. The molecule has 0 bridgehead atoms. The summed E-state index contributed by atoms with van der Waals surface area (Å²) < 4.78 is 6.76. The number of para-hydroxylation sites is 1. The van der Waals surface area contributed by atoms with Gasteiger partial charge in [0, 0.05) is 24.3 Å². The van der Waals surface area contributed by atoms with E-state index in [0.29, 0.717) is 18.3 Å². The molecule has 1 fully saturated rings. The number of aromatic nitrogens is 1. The molecular weight excluding hydrogens is 390 g/mol. The highest BCUT2D eigenvalue weighted by Gasteiger charge is 2.28. The molecule has 1 unspecified atom stereocenters. The normalized spacial score (nSPS) is 16.2. The van der Waals surface area contributed by atoms with Gasteiger partial charge in [-0.2, -0.15) is 0 Å². The number of amides is 1. The largest absolute Gasteiger partial charge is 0.376 e. The fraction of sp³-hybridized carbons (Fsp3) is 0.333. The van der Waals surface area contributed by atoms with Crippen molar-refractivity contribution in [3.8, 4) is 0 Å². The Morgan fingerprint density at radius 2 is 2.17 bits per heavy atom. The third-order valence-electron chi connectivity index (χ3n) is 5.06. The monoisotopic (exact) mass is 411 g/mol. The van der Waals surface area contributed by atoms with Crippen LogP contribution < -0.4 is 4.90 Å². The maximum Gasteiger partial charge on any atom is 0.270 e. The van der Waals surface area contributed by atoms with E-state index >= 15 is 0 Å². The van der Waals surface area contributed by atoms with E-state index in [1.54, 1.807) is 11.0 Å². The molecule has 2 heterocycles. The zero-order valence-electron chi connectivity index (χ0n) is 16.0. The first-order chi connectivity index (χ1) is 14.1. The van der Waals surface area contributed by atoms with Gasteiger partial charge in [-0.15, -0.1) is 0 Å². The number of hydrogen-bond donors (Lipinski definition) is 0. The Hall–Kier alpha value is -2.84. The zero-order chi connectivity index (χ0) is 20.4. The Labute approximate surface area is 172 Å². The molecule has 0 spiro atoms. The van der Waals surface area contributed by atoms with Crippen LogP contribution >= 0.6 is 11.3 Å². The van der Waals surface area contributed by atoms with E-state index in [0.717, 1.165) is 35.0 Å². The second-order valence-corrected chi connectivity index (χ2v) is 7.98. The van der Waals surface area contributed by atoms with Gasteiger partial charge in [0.15, 0.2) is 5.13 Å². The Morgan fingerprint density at radius 1 is 1.34 bits per heavy atom. The number of carbonyl (C=O) groups is 1. The van der Waals surface area contributed by atoms with Crippen molar-refractivity contribution in [2.24, 2.45) is 0 Å². The van der Waals surface area contributed by atoms with Gasteiger partial charge in [-0.25, -0.2) is 4.98 Å². The molecule has 4 rings (SSSR count). The molecular formula is C21H21N3O4S. The van der Waals surface area contributed by atoms with Crippen LogP contribution in [0.1, 0.15) is 35.7 Å². The molecule has 0 saturated carbocycles. The number of anilines is 1. The number of non-ortho nitro benzene ring substituents is 1. The van der Waals surface area contributed by atoms with Crippen LogP contribution in [0.4, 0.5) is 10.8 Å². The average Bonchev–Trinajstić information content (AvgIpc) is 3.40. The summed E-state index contributed by atoms with van der Waals surface area (Å²) in [6.07, 6.45) is 2.63. The second kappa shape index (κ2) is 8.26. The van der Waals surface area contributed by atoms with Crippen LogP contribution in [-0.4, -0.2) is 35.1 Å². The quantitative estimate of drug-likeness (QED) is 0.437. The molecule has 1 aromatic heterocycles. The highest BCUT2D eigenvalue weighted by Crippen LogP contribution is 2.33. The van der Waals surface area contributed by atoms with E-state index < -0.39 is 4.92 Å². The van der Waals surface area contributed by atoms with Crippen molar-refractivity contribution in [3.05, 3.63) is 63.7 Å². The van der Waals surface area contributed by atoms with Gasteiger partial charge in [-0.1, -0.05) is 36.5 Å². The number of hydrogen-bond acceptors (Lipinski definition) is 6. The third kappa shape index (κ3) is 3.99. The Morgan fingerprint density at radius 3 is 2.90 bits per heavy atom. The van der Waals surface area contributed by atoms with Crippen molar-refractivity contribution in [2.45, 2.75) is 32.3 Å². The van der Waals surface area contributed by atoms with Gasteiger partial charge in [0.1, 0.15) is 0 Å². The SMILES string of the molecule is CCc1cccc2sc(N(CC3CCCO3)C(=O)c3cccc([N+](=O)[O-])c3)nc12. The summed E-state index contributed by atoms with van der Waals surface area (Å²) in [7, 11) is 0. The number of thiazole rings is 1. The topological polar surface area (TPSA) is 85.6 Å². The molecule has 1 atom stereocenters. The summed E-state index contributed by atoms with van der Waals surface area (Å²) in [6.45, 7) is 3.14. The fourth-order valence-corrected chi connectivity index (χ4v) is 4.56. The lowest BCUT2D eigenvalue weighted by Gasteiger charge is -2.23. The summed E-state index contributed by atoms with van der Waals surface area (Å²) in [5.74, 6) is -0.304. The molecule has 0 N–H and O–H groups in total. The number of ether oxygens (including phenoxy) is 1. The van der Waals surface area contributed by atoms with E-state index in [1.165, 1.54) is 29.5 Å². The number of rotatable bonds is 6. The van der Waals surface area contributed by atoms with E-state index in [2.05, 4.69) is 6.92 Å². The lowest BCUT2D eigenvalue weighted by atomic mass is 10.1. The number of nitro benzene ring substituents is 1. The minimum absolute atomic E-state index is 0.0599. The van der Waals surface area contributed by atoms with Crippen molar-refractivity contribution < 1.29 is 14.5 Å². The van der Waals surface area contributed by atoms with Crippen LogP contribution in [0.15, 0.2) is 42.5 Å². The Kier molecular flexibility index (Phi) is 5.55. The maximum atomic E-state index is 13.4. The molecule has 8 heteroatoms. The first-order valence-corrected chi connectivity index (χ1v) is 10.4. The highest BCUT2D eigenvalue weighted by molar-refractivity contribution is 7.22. The number of carbonyl (C=O) groups excluding carboxylic acids is 1. The molecule has 3 aromatic rings. The zero-order valence-corrected chi connectivity index (χ0v) is 16.9. The highest BCUT2D eigenvalue weighted by atomic mass is 32.1. The fourth-order valence-electron chi connectivity index (χ4n) is 3.54. The van der Waals surface area contributed by atoms with Crippen LogP contribution in [0.2, 0.25) is 0 Å². The average molecular weight is 411 g/mol. The summed E-state index contributed by atoms with van der Waals surface area (Å²) in [5.41, 5.74) is 2.20. The van der Waals surface area contributed by atoms with Crippen LogP contribution in [0.3, 0.4) is 0 Å². The van der Waals surface area contributed by atoms with Gasteiger partial charge < -0.3 is 4.74 Å². The summed E-state index contributed by atoms with van der Waals surface area (Å²) in [5, 5.41) is 11.7. The molecule has 1 aliphatic heterocycles. The van der Waals surface area contributed by atoms with Crippen LogP contribution in [0.5, 0.6) is 0 Å². The van der Waals surface area contributed by atoms with Gasteiger partial charge in [0.05, 0.1) is 27.8 Å². The molecule has 1 aliphatic rings. The summed E-state index contributed by atoms with van der Waals surface area (Å²) in [4.78, 5) is 30.4. The Balaban J connectivity index is 1.74. The molecule has 0 aliphatic carbocycles. The van der Waals surface area contributed by atoms with Crippen molar-refractivity contribution in [1.29, 1.82) is 0 Å². The van der Waals surface area contributed by atoms with Crippen molar-refractivity contribution in [3.63, 3.8) is 0 Å². The Bertz CT molecular complexity index is 1060. The number of nitro groups is 1. The number of aryl methyl sites for hydroxylation is 1. The van der Waals surface area contributed by atoms with Crippen LogP contribution in [0, 0.1) is 10.1 Å². The lowest BCUT2D eigenvalue weighted by molar-refractivity contribution is -0.384. The molecule has 1 amide bonds. The van der Waals surface area contributed by atoms with Gasteiger partial charge in [0.25, 0.3) is 11.6 Å². The number of benzene rings is 2. The minimum Gasteiger partial charge on any atom is -0.376 e. The second-order valence-electron chi connectivity index (χ2n) is 6.97. The van der Waals surface area contributed by atoms with E-state index in [9.17, 15) is 14.9 Å². The minimum atomic E-state index is -0.494. The van der Waals surface area contributed by atoms with Crippen molar-refractivity contribution in [2.75, 3.05) is 18.1 Å². The standard InChI is InChI=1S/C21H21N3O4S/c1-2-14-6-4-10-18-19(14)22-21(29-18)23(13-17-9-5-11-28-17)20(25)15-7-3-8-16(12-15)24(26)27/h3-4,6-8,10,12,17H,2,5,9,11,13H2,1H3. The molecule has 2 aromatic carbocycles. The lowest BCUT2D eigenvalue weighted by Crippen LogP contribution is -2.37. The predicted octanol–water partition coefficient (Wildman–Crippen LogP) is 4.59. The predicted molar refractivity (Wildman–Crippen MR) is 113 cm³/mol. The maximum absolute atomic E-state index is 13.4. The molecule has 1 saturated heterocycles. The van der Waals surface area contributed by atoms with E-state index in [-0.39, 0.29) is 23.3 Å². The molecule has 7 nitrogen and oxygen atoms in total. The summed E-state index contributed by atoms with van der Waals surface area (Å²) >= 11 is 1.46. The van der Waals surface area contributed by atoms with E-state index in [4.69, 9.17) is 9.72 Å². The number of fused-ring (bicyclic) bond motifs is 1. The third-order valence-corrected chi connectivity index (χ3v) is 6.11. The van der Waals surface area contributed by atoms with Gasteiger partial charge >= 0.3 is 0 Å².